The fourth-order valence-electron chi connectivity index (χ4n) is 0.851. The first-order chi connectivity index (χ1) is 5.74. The van der Waals surface area contributed by atoms with Gasteiger partial charge in [-0.2, -0.15) is 0 Å². The van der Waals surface area contributed by atoms with E-state index >= 15 is 0 Å². The Balaban J connectivity index is 2.11. The first-order valence-electron chi connectivity index (χ1n) is 4.27. The highest BCUT2D eigenvalue weighted by Gasteiger charge is 2.25. The normalized spacial score (nSPS) is 18.8. The SMILES string of the molecule is CC(SCCO)C(=O)NC1CC1. The molecule has 12 heavy (non-hydrogen) atoms. The minimum Gasteiger partial charge on any atom is -0.396 e. The number of hydrogen-bond donors (Lipinski definition) is 2. The first-order valence-corrected chi connectivity index (χ1v) is 5.31. The smallest absolute Gasteiger partial charge is 0.233 e. The molecule has 1 amide bonds. The van der Waals surface area contributed by atoms with Crippen LogP contribution in [-0.4, -0.2) is 34.7 Å². The third kappa shape index (κ3) is 3.45. The number of rotatable bonds is 5. The van der Waals surface area contributed by atoms with Gasteiger partial charge >= 0.3 is 0 Å². The number of amides is 1. The molecular weight excluding hydrogens is 174 g/mol. The second-order valence-corrected chi connectivity index (χ2v) is 4.47. The molecule has 1 aliphatic carbocycles. The van der Waals surface area contributed by atoms with Crippen LogP contribution in [0.25, 0.3) is 0 Å². The molecule has 0 aromatic carbocycles. The van der Waals surface area contributed by atoms with E-state index in [-0.39, 0.29) is 17.8 Å². The monoisotopic (exact) mass is 189 g/mol. The van der Waals surface area contributed by atoms with Gasteiger partial charge in [0.1, 0.15) is 0 Å². The van der Waals surface area contributed by atoms with Crippen molar-refractivity contribution >= 4 is 17.7 Å². The van der Waals surface area contributed by atoms with E-state index in [2.05, 4.69) is 5.32 Å². The Bertz CT molecular complexity index is 159. The van der Waals surface area contributed by atoms with Gasteiger partial charge < -0.3 is 10.4 Å². The predicted molar refractivity (Wildman–Crippen MR) is 50.2 cm³/mol. The zero-order valence-corrected chi connectivity index (χ0v) is 8.06. The van der Waals surface area contributed by atoms with Crippen molar-refractivity contribution in [3.05, 3.63) is 0 Å². The topological polar surface area (TPSA) is 49.3 Å². The van der Waals surface area contributed by atoms with Gasteiger partial charge in [0.25, 0.3) is 0 Å². The number of nitrogens with one attached hydrogen (secondary N) is 1. The fraction of sp³-hybridized carbons (Fsp3) is 0.875. The summed E-state index contributed by atoms with van der Waals surface area (Å²) < 4.78 is 0. The van der Waals surface area contributed by atoms with Gasteiger partial charge in [-0.05, 0) is 19.8 Å². The molecular formula is C8H15NO2S. The number of thioether (sulfide) groups is 1. The van der Waals surface area contributed by atoms with Crippen molar-refractivity contribution in [2.75, 3.05) is 12.4 Å². The molecule has 0 heterocycles. The summed E-state index contributed by atoms with van der Waals surface area (Å²) in [5.41, 5.74) is 0. The molecule has 0 aromatic heterocycles. The van der Waals surface area contributed by atoms with Gasteiger partial charge in [-0.1, -0.05) is 0 Å². The van der Waals surface area contributed by atoms with Crippen LogP contribution in [0.1, 0.15) is 19.8 Å². The van der Waals surface area contributed by atoms with Gasteiger partial charge in [0.05, 0.1) is 11.9 Å². The van der Waals surface area contributed by atoms with E-state index in [1.54, 1.807) is 0 Å². The number of aliphatic hydroxyl groups excluding tert-OH is 1. The lowest BCUT2D eigenvalue weighted by atomic mass is 10.4. The van der Waals surface area contributed by atoms with Crippen LogP contribution >= 0.6 is 11.8 Å². The Hall–Kier alpha value is -0.220. The van der Waals surface area contributed by atoms with E-state index in [1.807, 2.05) is 6.92 Å². The lowest BCUT2D eigenvalue weighted by Crippen LogP contribution is -2.32. The molecule has 1 fully saturated rings. The first kappa shape index (κ1) is 9.86. The van der Waals surface area contributed by atoms with E-state index in [0.717, 1.165) is 12.8 Å². The third-order valence-electron chi connectivity index (χ3n) is 1.75. The lowest BCUT2D eigenvalue weighted by molar-refractivity contribution is -0.120. The lowest BCUT2D eigenvalue weighted by Gasteiger charge is -2.09. The quantitative estimate of drug-likeness (QED) is 0.657. The minimum absolute atomic E-state index is 0.0299. The van der Waals surface area contributed by atoms with Crippen molar-refractivity contribution in [2.45, 2.75) is 31.1 Å². The molecule has 3 nitrogen and oxygen atoms in total. The van der Waals surface area contributed by atoms with E-state index in [0.29, 0.717) is 11.8 Å². The van der Waals surface area contributed by atoms with Crippen LogP contribution in [0.3, 0.4) is 0 Å². The van der Waals surface area contributed by atoms with Crippen LogP contribution in [0.2, 0.25) is 0 Å². The summed E-state index contributed by atoms with van der Waals surface area (Å²) in [5.74, 6) is 0.746. The van der Waals surface area contributed by atoms with Gasteiger partial charge in [0, 0.05) is 11.8 Å². The summed E-state index contributed by atoms with van der Waals surface area (Å²) in [6.07, 6.45) is 2.26. The second-order valence-electron chi connectivity index (χ2n) is 3.02. The van der Waals surface area contributed by atoms with Crippen LogP contribution in [-0.2, 0) is 4.79 Å². The molecule has 1 aliphatic rings. The van der Waals surface area contributed by atoms with E-state index < -0.39 is 0 Å². The molecule has 1 unspecified atom stereocenters. The number of carbonyl (C=O) groups is 1. The zero-order valence-electron chi connectivity index (χ0n) is 7.25. The molecule has 0 bridgehead atoms. The maximum absolute atomic E-state index is 11.3. The molecule has 1 atom stereocenters. The number of carbonyl (C=O) groups excluding carboxylic acids is 1. The Morgan fingerprint density at radius 3 is 2.92 bits per heavy atom. The van der Waals surface area contributed by atoms with Gasteiger partial charge in [-0.15, -0.1) is 11.8 Å². The fourth-order valence-corrected chi connectivity index (χ4v) is 1.53. The zero-order chi connectivity index (χ0) is 8.97. The standard InChI is InChI=1S/C8H15NO2S/c1-6(12-5-4-10)8(11)9-7-2-3-7/h6-7,10H,2-5H2,1H3,(H,9,11). The Labute approximate surface area is 76.9 Å². The Morgan fingerprint density at radius 2 is 2.42 bits per heavy atom. The number of aliphatic hydroxyl groups is 1. The summed E-state index contributed by atoms with van der Waals surface area (Å²) in [6, 6.07) is 0.440. The van der Waals surface area contributed by atoms with Crippen LogP contribution < -0.4 is 5.32 Å². The Kier molecular flexibility index (Phi) is 3.88. The summed E-state index contributed by atoms with van der Waals surface area (Å²) in [5, 5.41) is 11.4. The molecule has 1 rings (SSSR count). The molecule has 0 saturated heterocycles. The van der Waals surface area contributed by atoms with Gasteiger partial charge in [0.15, 0.2) is 0 Å². The van der Waals surface area contributed by atoms with Gasteiger partial charge in [-0.3, -0.25) is 4.79 Å². The summed E-state index contributed by atoms with van der Waals surface area (Å²) in [6.45, 7) is 2.02. The van der Waals surface area contributed by atoms with Crippen LogP contribution in [0.15, 0.2) is 0 Å². The van der Waals surface area contributed by atoms with Crippen molar-refractivity contribution in [2.24, 2.45) is 0 Å². The van der Waals surface area contributed by atoms with Crippen molar-refractivity contribution in [3.63, 3.8) is 0 Å². The largest absolute Gasteiger partial charge is 0.396 e. The molecule has 0 radical (unpaired) electrons. The van der Waals surface area contributed by atoms with E-state index in [4.69, 9.17) is 5.11 Å². The van der Waals surface area contributed by atoms with Crippen molar-refractivity contribution < 1.29 is 9.90 Å². The highest BCUT2D eigenvalue weighted by Crippen LogP contribution is 2.20. The van der Waals surface area contributed by atoms with Crippen molar-refractivity contribution in [1.82, 2.24) is 5.32 Å². The van der Waals surface area contributed by atoms with E-state index in [9.17, 15) is 4.79 Å². The van der Waals surface area contributed by atoms with Crippen molar-refractivity contribution in [1.29, 1.82) is 0 Å². The number of hydrogen-bond acceptors (Lipinski definition) is 3. The molecule has 0 aromatic rings. The third-order valence-corrected chi connectivity index (χ3v) is 2.88. The van der Waals surface area contributed by atoms with E-state index in [1.165, 1.54) is 11.8 Å². The van der Waals surface area contributed by atoms with Crippen LogP contribution in [0.5, 0.6) is 0 Å². The maximum atomic E-state index is 11.3. The summed E-state index contributed by atoms with van der Waals surface area (Å²) in [7, 11) is 0. The molecule has 0 spiro atoms. The summed E-state index contributed by atoms with van der Waals surface area (Å²) >= 11 is 1.49. The molecule has 1 saturated carbocycles. The average molecular weight is 189 g/mol. The highest BCUT2D eigenvalue weighted by molar-refractivity contribution is 8.00. The highest BCUT2D eigenvalue weighted by atomic mass is 32.2. The second kappa shape index (κ2) is 4.72. The van der Waals surface area contributed by atoms with Crippen LogP contribution in [0.4, 0.5) is 0 Å². The average Bonchev–Trinajstić information content (AvgIpc) is 2.83. The van der Waals surface area contributed by atoms with Gasteiger partial charge in [-0.25, -0.2) is 0 Å². The molecule has 70 valence electrons. The predicted octanol–water partition coefficient (Wildman–Crippen LogP) is 0.379. The molecule has 0 aliphatic heterocycles. The Morgan fingerprint density at radius 1 is 1.75 bits per heavy atom. The molecule has 2 N–H and O–H groups in total. The van der Waals surface area contributed by atoms with Gasteiger partial charge in [0.2, 0.25) is 5.91 Å². The van der Waals surface area contributed by atoms with Crippen LogP contribution in [0, 0.1) is 0 Å². The van der Waals surface area contributed by atoms with Crippen molar-refractivity contribution in [3.8, 4) is 0 Å². The maximum Gasteiger partial charge on any atom is 0.233 e. The summed E-state index contributed by atoms with van der Waals surface area (Å²) in [4.78, 5) is 11.3. The molecule has 4 heteroatoms. The minimum atomic E-state index is -0.0299.